The van der Waals surface area contributed by atoms with Crippen molar-refractivity contribution in [3.8, 4) is 0 Å². The molecule has 0 aliphatic carbocycles. The van der Waals surface area contributed by atoms with Gasteiger partial charge in [-0.1, -0.05) is 37.3 Å². The highest BCUT2D eigenvalue weighted by molar-refractivity contribution is 14.0. The van der Waals surface area contributed by atoms with Crippen LogP contribution >= 0.6 is 24.0 Å². The summed E-state index contributed by atoms with van der Waals surface area (Å²) in [4.78, 5) is 15.8. The van der Waals surface area contributed by atoms with Crippen LogP contribution < -0.4 is 16.4 Å². The molecular weight excluding hydrogens is 403 g/mol. The fourth-order valence-corrected chi connectivity index (χ4v) is 1.94. The van der Waals surface area contributed by atoms with Gasteiger partial charge in [0.1, 0.15) is 6.54 Å². The fraction of sp³-hybridized carbons (Fsp3) is 0.176. The number of rotatable bonds is 5. The highest BCUT2D eigenvalue weighted by Crippen LogP contribution is 2.10. The topological polar surface area (TPSA) is 79.5 Å². The van der Waals surface area contributed by atoms with Gasteiger partial charge in [0.25, 0.3) is 0 Å². The Morgan fingerprint density at radius 3 is 2.43 bits per heavy atom. The van der Waals surface area contributed by atoms with E-state index in [0.717, 1.165) is 17.8 Å². The molecule has 23 heavy (non-hydrogen) atoms. The van der Waals surface area contributed by atoms with Crippen molar-refractivity contribution in [3.05, 3.63) is 60.2 Å². The summed E-state index contributed by atoms with van der Waals surface area (Å²) >= 11 is 0. The number of aryl methyl sites for hydroxylation is 1. The monoisotopic (exact) mass is 424 g/mol. The Morgan fingerprint density at radius 2 is 1.74 bits per heavy atom. The largest absolute Gasteiger partial charge is 0.370 e. The number of hydrogen-bond acceptors (Lipinski definition) is 2. The van der Waals surface area contributed by atoms with Crippen LogP contribution in [0.15, 0.2) is 59.6 Å². The molecule has 0 aliphatic rings. The van der Waals surface area contributed by atoms with Gasteiger partial charge in [0.15, 0.2) is 5.96 Å². The van der Waals surface area contributed by atoms with Gasteiger partial charge in [0.05, 0.1) is 0 Å². The summed E-state index contributed by atoms with van der Waals surface area (Å²) in [6.07, 6.45) is 0.950. The third kappa shape index (κ3) is 6.68. The van der Waals surface area contributed by atoms with Crippen molar-refractivity contribution in [1.29, 1.82) is 0 Å². The highest BCUT2D eigenvalue weighted by Gasteiger charge is 2.02. The SMILES string of the molecule is CCc1cccc(NC(N)=NCC(=O)Nc2ccccc2)c1.I. The molecule has 1 amide bonds. The van der Waals surface area contributed by atoms with E-state index in [9.17, 15) is 4.79 Å². The number of amides is 1. The normalized spacial score (nSPS) is 10.6. The van der Waals surface area contributed by atoms with Crippen molar-refractivity contribution in [3.63, 3.8) is 0 Å². The Hall–Kier alpha value is -2.09. The van der Waals surface area contributed by atoms with Crippen LogP contribution in [0.3, 0.4) is 0 Å². The number of hydrogen-bond donors (Lipinski definition) is 3. The maximum atomic E-state index is 11.8. The minimum atomic E-state index is -0.210. The molecule has 0 aromatic heterocycles. The van der Waals surface area contributed by atoms with Crippen LogP contribution in [0.4, 0.5) is 11.4 Å². The van der Waals surface area contributed by atoms with Gasteiger partial charge in [0.2, 0.25) is 5.91 Å². The van der Waals surface area contributed by atoms with Crippen molar-refractivity contribution in [2.45, 2.75) is 13.3 Å². The maximum Gasteiger partial charge on any atom is 0.246 e. The molecule has 0 aliphatic heterocycles. The average molecular weight is 424 g/mol. The third-order valence-corrected chi connectivity index (χ3v) is 3.06. The first-order valence-electron chi connectivity index (χ1n) is 7.18. The first-order chi connectivity index (χ1) is 10.7. The Bertz CT molecular complexity index is 659. The number of benzene rings is 2. The Morgan fingerprint density at radius 1 is 1.04 bits per heavy atom. The average Bonchev–Trinajstić information content (AvgIpc) is 2.54. The smallest absolute Gasteiger partial charge is 0.246 e. The second-order valence-corrected chi connectivity index (χ2v) is 4.79. The predicted molar refractivity (Wildman–Crippen MR) is 106 cm³/mol. The lowest BCUT2D eigenvalue weighted by Gasteiger charge is -2.07. The van der Waals surface area contributed by atoms with Crippen LogP contribution in [-0.4, -0.2) is 18.4 Å². The lowest BCUT2D eigenvalue weighted by Crippen LogP contribution is -2.25. The number of carbonyl (C=O) groups is 1. The van der Waals surface area contributed by atoms with E-state index in [2.05, 4.69) is 22.5 Å². The highest BCUT2D eigenvalue weighted by atomic mass is 127. The number of halogens is 1. The van der Waals surface area contributed by atoms with Gasteiger partial charge < -0.3 is 16.4 Å². The van der Waals surface area contributed by atoms with Gasteiger partial charge in [-0.05, 0) is 36.2 Å². The summed E-state index contributed by atoms with van der Waals surface area (Å²) in [6, 6.07) is 17.2. The maximum absolute atomic E-state index is 11.8. The summed E-state index contributed by atoms with van der Waals surface area (Å²) in [6.45, 7) is 2.06. The molecule has 6 heteroatoms. The van der Waals surface area contributed by atoms with Gasteiger partial charge in [-0.3, -0.25) is 4.79 Å². The number of nitrogens with zero attached hydrogens (tertiary/aromatic N) is 1. The molecule has 0 fully saturated rings. The number of aliphatic imine (C=N–C) groups is 1. The van der Waals surface area contributed by atoms with Crippen molar-refractivity contribution < 1.29 is 4.79 Å². The van der Waals surface area contributed by atoms with Gasteiger partial charge in [-0.25, -0.2) is 4.99 Å². The van der Waals surface area contributed by atoms with Crippen molar-refractivity contribution in [2.24, 2.45) is 10.7 Å². The molecule has 122 valence electrons. The molecule has 2 rings (SSSR count). The van der Waals surface area contributed by atoms with Crippen LogP contribution in [0.2, 0.25) is 0 Å². The number of carbonyl (C=O) groups excluding carboxylic acids is 1. The van der Waals surface area contributed by atoms with Crippen molar-refractivity contribution in [2.75, 3.05) is 17.2 Å². The van der Waals surface area contributed by atoms with Crippen LogP contribution in [0.25, 0.3) is 0 Å². The van der Waals surface area contributed by atoms with E-state index in [4.69, 9.17) is 5.73 Å². The number of nitrogens with one attached hydrogen (secondary N) is 2. The van der Waals surface area contributed by atoms with Crippen LogP contribution in [0, 0.1) is 0 Å². The Labute approximate surface area is 153 Å². The van der Waals surface area contributed by atoms with Crippen molar-refractivity contribution in [1.82, 2.24) is 0 Å². The third-order valence-electron chi connectivity index (χ3n) is 3.06. The van der Waals surface area contributed by atoms with Crippen molar-refractivity contribution >= 4 is 47.2 Å². The number of guanidine groups is 1. The molecule has 2 aromatic carbocycles. The summed E-state index contributed by atoms with van der Waals surface area (Å²) in [5, 5.41) is 5.73. The summed E-state index contributed by atoms with van der Waals surface area (Å²) in [5.74, 6) is 0.00900. The molecule has 4 N–H and O–H groups in total. The minimum Gasteiger partial charge on any atom is -0.370 e. The molecule has 0 atom stereocenters. The molecule has 0 saturated carbocycles. The Kier molecular flexibility index (Phi) is 8.10. The molecule has 0 bridgehead atoms. The van der Waals surface area contributed by atoms with E-state index in [1.807, 2.05) is 54.6 Å². The standard InChI is InChI=1S/C17H20N4O.HI/c1-2-13-7-6-10-15(11-13)21-17(18)19-12-16(22)20-14-8-4-3-5-9-14;/h3-11H,2,12H2,1H3,(H,20,22)(H3,18,19,21);1H. The van der Waals surface area contributed by atoms with E-state index in [1.165, 1.54) is 5.56 Å². The molecule has 0 saturated heterocycles. The molecule has 0 radical (unpaired) electrons. The molecular formula is C17H21IN4O. The summed E-state index contributed by atoms with van der Waals surface area (Å²) in [7, 11) is 0. The van der Waals surface area contributed by atoms with Gasteiger partial charge in [0, 0.05) is 11.4 Å². The van der Waals surface area contributed by atoms with E-state index >= 15 is 0 Å². The van der Waals surface area contributed by atoms with E-state index in [-0.39, 0.29) is 42.4 Å². The lowest BCUT2D eigenvalue weighted by atomic mass is 10.1. The first-order valence-corrected chi connectivity index (χ1v) is 7.18. The zero-order chi connectivity index (χ0) is 15.8. The molecule has 0 spiro atoms. The molecule has 0 unspecified atom stereocenters. The van der Waals surface area contributed by atoms with Gasteiger partial charge >= 0.3 is 0 Å². The van der Waals surface area contributed by atoms with E-state index in [0.29, 0.717) is 0 Å². The van der Waals surface area contributed by atoms with Gasteiger partial charge in [-0.2, -0.15) is 0 Å². The zero-order valence-electron chi connectivity index (χ0n) is 13.0. The summed E-state index contributed by atoms with van der Waals surface area (Å²) in [5.41, 5.74) is 8.61. The quantitative estimate of drug-likeness (QED) is 0.392. The Balaban J connectivity index is 0.00000264. The molecule has 0 heterocycles. The number of para-hydroxylation sites is 1. The fourth-order valence-electron chi connectivity index (χ4n) is 1.94. The van der Waals surface area contributed by atoms with E-state index < -0.39 is 0 Å². The first kappa shape index (κ1) is 19.0. The number of nitrogens with two attached hydrogens (primary N) is 1. The minimum absolute atomic E-state index is 0. The van der Waals surface area contributed by atoms with E-state index in [1.54, 1.807) is 0 Å². The zero-order valence-corrected chi connectivity index (χ0v) is 15.3. The van der Waals surface area contributed by atoms with Crippen LogP contribution in [0.5, 0.6) is 0 Å². The van der Waals surface area contributed by atoms with Crippen LogP contribution in [0.1, 0.15) is 12.5 Å². The second-order valence-electron chi connectivity index (χ2n) is 4.79. The second kappa shape index (κ2) is 9.83. The molecule has 5 nitrogen and oxygen atoms in total. The number of anilines is 2. The van der Waals surface area contributed by atoms with Crippen LogP contribution in [-0.2, 0) is 11.2 Å². The predicted octanol–water partition coefficient (Wildman–Crippen LogP) is 3.23. The lowest BCUT2D eigenvalue weighted by molar-refractivity contribution is -0.114. The summed E-state index contributed by atoms with van der Waals surface area (Å²) < 4.78 is 0. The van der Waals surface area contributed by atoms with Gasteiger partial charge in [-0.15, -0.1) is 24.0 Å². The molecule has 2 aromatic rings.